The Hall–Kier alpha value is -3.67. The van der Waals surface area contributed by atoms with Crippen molar-refractivity contribution in [3.05, 3.63) is 47.5 Å². The van der Waals surface area contributed by atoms with E-state index in [0.29, 0.717) is 71.5 Å². The first-order chi connectivity index (χ1) is 18.0. The second-order valence-corrected chi connectivity index (χ2v) is 9.74. The van der Waals surface area contributed by atoms with Gasteiger partial charge in [0.1, 0.15) is 6.54 Å². The average molecular weight is 532 g/mol. The lowest BCUT2D eigenvalue weighted by atomic mass is 9.85. The highest BCUT2D eigenvalue weighted by atomic mass is 19.4. The zero-order chi connectivity index (χ0) is 27.2. The summed E-state index contributed by atoms with van der Waals surface area (Å²) in [5, 5.41) is 3.87. The Morgan fingerprint density at radius 3 is 2.58 bits per heavy atom. The summed E-state index contributed by atoms with van der Waals surface area (Å²) in [7, 11) is 1.53. The lowest BCUT2D eigenvalue weighted by Gasteiger charge is -2.40. The van der Waals surface area contributed by atoms with E-state index in [4.69, 9.17) is 19.2 Å². The number of fused-ring (bicyclic) bond motifs is 2. The van der Waals surface area contributed by atoms with E-state index in [1.54, 1.807) is 23.2 Å². The first-order valence-corrected chi connectivity index (χ1v) is 12.3. The molecule has 3 aromatic rings. The van der Waals surface area contributed by atoms with Gasteiger partial charge in [-0.05, 0) is 38.5 Å². The van der Waals surface area contributed by atoms with E-state index < -0.39 is 18.3 Å². The Morgan fingerprint density at radius 1 is 1.18 bits per heavy atom. The number of aryl methyl sites for hydroxylation is 1. The zero-order valence-corrected chi connectivity index (χ0v) is 21.5. The number of hydrogen-bond donors (Lipinski definition) is 0. The van der Waals surface area contributed by atoms with Crippen LogP contribution in [0.5, 0.6) is 11.6 Å². The number of nitrogens with zero attached hydrogens (tertiary/aromatic N) is 5. The van der Waals surface area contributed by atoms with Gasteiger partial charge in [0, 0.05) is 44.0 Å². The number of methoxy groups -OCH3 is 1. The molecule has 9 nitrogen and oxygen atoms in total. The zero-order valence-electron chi connectivity index (χ0n) is 21.5. The number of rotatable bonds is 6. The van der Waals surface area contributed by atoms with E-state index in [1.165, 1.54) is 19.5 Å². The average Bonchev–Trinajstić information content (AvgIpc) is 3.38. The van der Waals surface area contributed by atoms with Gasteiger partial charge in [0.2, 0.25) is 0 Å². The van der Waals surface area contributed by atoms with Crippen LogP contribution < -0.4 is 14.4 Å². The van der Waals surface area contributed by atoms with Crippen molar-refractivity contribution in [3.8, 4) is 22.9 Å². The third-order valence-electron chi connectivity index (χ3n) is 6.72. The molecule has 2 aliphatic heterocycles. The van der Waals surface area contributed by atoms with E-state index >= 15 is 0 Å². The van der Waals surface area contributed by atoms with Gasteiger partial charge in [-0.1, -0.05) is 0 Å². The summed E-state index contributed by atoms with van der Waals surface area (Å²) in [5.41, 5.74) is 2.40. The minimum atomic E-state index is -4.43. The molecule has 0 radical (unpaired) electrons. The normalized spacial score (nSPS) is 16.8. The number of alkyl halides is 3. The monoisotopic (exact) mass is 531 g/mol. The summed E-state index contributed by atoms with van der Waals surface area (Å²) in [4.78, 5) is 24.7. The van der Waals surface area contributed by atoms with E-state index in [-0.39, 0.29) is 12.0 Å². The Kier molecular flexibility index (Phi) is 6.54. The number of ether oxygens (including phenoxy) is 3. The molecule has 12 heteroatoms. The number of hydrogen-bond acceptors (Lipinski definition) is 7. The second kappa shape index (κ2) is 9.57. The molecule has 1 amide bonds. The van der Waals surface area contributed by atoms with Crippen LogP contribution in [0.15, 0.2) is 30.7 Å². The van der Waals surface area contributed by atoms with Crippen LogP contribution in [0.1, 0.15) is 48.3 Å². The lowest BCUT2D eigenvalue weighted by Crippen LogP contribution is -2.48. The van der Waals surface area contributed by atoms with Gasteiger partial charge in [-0.15, -0.1) is 0 Å². The Bertz CT molecular complexity index is 1370. The number of amides is 1. The molecular weight excluding hydrogens is 503 g/mol. The molecule has 1 spiro atoms. The van der Waals surface area contributed by atoms with E-state index in [2.05, 4.69) is 10.1 Å². The van der Waals surface area contributed by atoms with Gasteiger partial charge in [0.25, 0.3) is 11.8 Å². The van der Waals surface area contributed by atoms with Crippen molar-refractivity contribution in [1.82, 2.24) is 19.7 Å². The van der Waals surface area contributed by atoms with Gasteiger partial charge < -0.3 is 14.2 Å². The summed E-state index contributed by atoms with van der Waals surface area (Å²) in [5.74, 6) is 0.496. The maximum absolute atomic E-state index is 13.8. The number of carbonyl (C=O) groups is 1. The van der Waals surface area contributed by atoms with Crippen LogP contribution >= 0.6 is 0 Å². The van der Waals surface area contributed by atoms with Gasteiger partial charge in [-0.25, -0.2) is 9.97 Å². The molecular formula is C26H28F3N5O4. The predicted molar refractivity (Wildman–Crippen MR) is 131 cm³/mol. The summed E-state index contributed by atoms with van der Waals surface area (Å²) < 4.78 is 56.5. The fourth-order valence-corrected chi connectivity index (χ4v) is 5.14. The molecule has 0 bridgehead atoms. The molecule has 0 aliphatic carbocycles. The van der Waals surface area contributed by atoms with Gasteiger partial charge in [-0.2, -0.15) is 18.3 Å². The van der Waals surface area contributed by atoms with Crippen LogP contribution in [-0.2, 0) is 16.8 Å². The van der Waals surface area contributed by atoms with Crippen LogP contribution in [0, 0.1) is 6.92 Å². The standard InChI is InChI=1S/C26H28F3N5O4/c1-15(2)38-23-20(36-4)10-17(11-30-23)19-9-16(3)21-22(32-19)25(5-7-37-8-6-25)34(24(21)35)18-12-31-33(13-18)14-26(27,28)29/h9-13,15H,5-8,14H2,1-4H3. The van der Waals surface area contributed by atoms with Crippen molar-refractivity contribution in [3.63, 3.8) is 0 Å². The maximum atomic E-state index is 13.8. The molecule has 0 atom stereocenters. The lowest BCUT2D eigenvalue weighted by molar-refractivity contribution is -0.142. The van der Waals surface area contributed by atoms with Gasteiger partial charge >= 0.3 is 6.18 Å². The molecule has 1 saturated heterocycles. The molecule has 0 saturated carbocycles. The highest BCUT2D eigenvalue weighted by Gasteiger charge is 2.53. The van der Waals surface area contributed by atoms with Crippen LogP contribution in [0.3, 0.4) is 0 Å². The highest BCUT2D eigenvalue weighted by molar-refractivity contribution is 6.12. The highest BCUT2D eigenvalue weighted by Crippen LogP contribution is 2.49. The quantitative estimate of drug-likeness (QED) is 0.456. The minimum absolute atomic E-state index is 0.0894. The summed E-state index contributed by atoms with van der Waals surface area (Å²) >= 11 is 0. The molecule has 0 N–H and O–H groups in total. The fraction of sp³-hybridized carbons (Fsp3) is 0.462. The Morgan fingerprint density at radius 2 is 1.92 bits per heavy atom. The number of carbonyl (C=O) groups excluding carboxylic acids is 1. The Labute approximate surface area is 217 Å². The molecule has 38 heavy (non-hydrogen) atoms. The smallest absolute Gasteiger partial charge is 0.408 e. The number of anilines is 1. The van der Waals surface area contributed by atoms with Gasteiger partial charge in [0.15, 0.2) is 5.75 Å². The van der Waals surface area contributed by atoms with E-state index in [9.17, 15) is 18.0 Å². The number of halogens is 3. The summed E-state index contributed by atoms with van der Waals surface area (Å²) in [6.45, 7) is 5.12. The van der Waals surface area contributed by atoms with Crippen molar-refractivity contribution in [2.45, 2.75) is 58.0 Å². The van der Waals surface area contributed by atoms with Crippen molar-refractivity contribution in [1.29, 1.82) is 0 Å². The van der Waals surface area contributed by atoms with Crippen molar-refractivity contribution >= 4 is 11.6 Å². The van der Waals surface area contributed by atoms with Crippen LogP contribution in [0.4, 0.5) is 18.9 Å². The van der Waals surface area contributed by atoms with Gasteiger partial charge in [0.05, 0.1) is 47.6 Å². The first kappa shape index (κ1) is 26.0. The fourth-order valence-electron chi connectivity index (χ4n) is 5.14. The van der Waals surface area contributed by atoms with Crippen LogP contribution in [-0.4, -0.2) is 58.3 Å². The van der Waals surface area contributed by atoms with E-state index in [1.807, 2.05) is 20.8 Å². The van der Waals surface area contributed by atoms with Crippen LogP contribution in [0.25, 0.3) is 11.3 Å². The molecule has 0 unspecified atom stereocenters. The molecule has 2 aliphatic rings. The molecule has 0 aromatic carbocycles. The maximum Gasteiger partial charge on any atom is 0.408 e. The van der Waals surface area contributed by atoms with Crippen LogP contribution in [0.2, 0.25) is 0 Å². The number of pyridine rings is 2. The topological polar surface area (TPSA) is 91.6 Å². The number of aromatic nitrogens is 4. The third-order valence-corrected chi connectivity index (χ3v) is 6.72. The summed E-state index contributed by atoms with van der Waals surface area (Å²) in [6, 6.07) is 3.59. The first-order valence-electron chi connectivity index (χ1n) is 12.3. The molecule has 202 valence electrons. The molecule has 5 rings (SSSR count). The SMILES string of the molecule is COc1cc(-c2cc(C)c3c(n2)C2(CCOCC2)N(c2cnn(CC(F)(F)F)c2)C3=O)cnc1OC(C)C. The summed E-state index contributed by atoms with van der Waals surface area (Å²) in [6.07, 6.45) is 0.548. The minimum Gasteiger partial charge on any atom is -0.491 e. The van der Waals surface area contributed by atoms with Crippen molar-refractivity contribution in [2.24, 2.45) is 0 Å². The van der Waals surface area contributed by atoms with Crippen molar-refractivity contribution < 1.29 is 32.2 Å². The molecule has 1 fully saturated rings. The Balaban J connectivity index is 1.60. The van der Waals surface area contributed by atoms with Gasteiger partial charge in [-0.3, -0.25) is 14.4 Å². The largest absolute Gasteiger partial charge is 0.491 e. The third kappa shape index (κ3) is 4.57. The second-order valence-electron chi connectivity index (χ2n) is 9.74. The molecule has 5 heterocycles. The van der Waals surface area contributed by atoms with Crippen molar-refractivity contribution in [2.75, 3.05) is 25.2 Å². The molecule has 3 aromatic heterocycles. The van der Waals surface area contributed by atoms with E-state index in [0.717, 1.165) is 4.68 Å². The predicted octanol–water partition coefficient (Wildman–Crippen LogP) is 4.67.